The van der Waals surface area contributed by atoms with Crippen LogP contribution in [0.3, 0.4) is 0 Å². The van der Waals surface area contributed by atoms with Gasteiger partial charge in [-0.25, -0.2) is 4.98 Å². The van der Waals surface area contributed by atoms with E-state index in [4.69, 9.17) is 4.42 Å². The van der Waals surface area contributed by atoms with Crippen molar-refractivity contribution in [3.8, 4) is 0 Å². The fourth-order valence-corrected chi connectivity index (χ4v) is 1.62. The third-order valence-corrected chi connectivity index (χ3v) is 2.61. The third-order valence-electron chi connectivity index (χ3n) is 2.61. The summed E-state index contributed by atoms with van der Waals surface area (Å²) in [5.74, 6) is 1.65. The summed E-state index contributed by atoms with van der Waals surface area (Å²) in [4.78, 5) is 6.18. The molecular weight excluding hydrogens is 216 g/mol. The highest BCUT2D eigenvalue weighted by molar-refractivity contribution is 5.39. The van der Waals surface area contributed by atoms with Gasteiger partial charge in [-0.3, -0.25) is 0 Å². The zero-order valence-electron chi connectivity index (χ0n) is 10.2. The van der Waals surface area contributed by atoms with Gasteiger partial charge in [-0.05, 0) is 19.1 Å². The molecule has 1 unspecified atom stereocenters. The molecule has 17 heavy (non-hydrogen) atoms. The largest absolute Gasteiger partial charge is 0.469 e. The number of aliphatic hydroxyl groups is 1. The van der Waals surface area contributed by atoms with Gasteiger partial charge < -0.3 is 14.4 Å². The highest BCUT2D eigenvalue weighted by Crippen LogP contribution is 2.23. The van der Waals surface area contributed by atoms with E-state index in [0.29, 0.717) is 0 Å². The molecule has 4 heteroatoms. The standard InChI is InChI=1S/C13H16N2O2/c1-9-6-11(8-17-9)13(16)10-4-5-12(14-7-10)15(2)3/h4-8,13,16H,1-3H3. The molecule has 0 aliphatic rings. The van der Waals surface area contributed by atoms with Gasteiger partial charge in [0.25, 0.3) is 0 Å². The Morgan fingerprint density at radius 1 is 1.29 bits per heavy atom. The van der Waals surface area contributed by atoms with Gasteiger partial charge >= 0.3 is 0 Å². The van der Waals surface area contributed by atoms with E-state index in [2.05, 4.69) is 4.98 Å². The van der Waals surface area contributed by atoms with Gasteiger partial charge in [0.05, 0.1) is 6.26 Å². The molecule has 0 radical (unpaired) electrons. The summed E-state index contributed by atoms with van der Waals surface area (Å²) in [5, 5.41) is 10.1. The van der Waals surface area contributed by atoms with Crippen LogP contribution in [0.5, 0.6) is 0 Å². The van der Waals surface area contributed by atoms with Crippen molar-refractivity contribution in [3.63, 3.8) is 0 Å². The van der Waals surface area contributed by atoms with Crippen LogP contribution in [0.25, 0.3) is 0 Å². The smallest absolute Gasteiger partial charge is 0.127 e. The number of anilines is 1. The number of hydrogen-bond donors (Lipinski definition) is 1. The van der Waals surface area contributed by atoms with E-state index in [-0.39, 0.29) is 0 Å². The monoisotopic (exact) mass is 232 g/mol. The molecule has 1 atom stereocenters. The third kappa shape index (κ3) is 2.47. The molecule has 2 aromatic rings. The van der Waals surface area contributed by atoms with Crippen molar-refractivity contribution in [3.05, 3.63) is 47.5 Å². The van der Waals surface area contributed by atoms with Crippen LogP contribution in [0.2, 0.25) is 0 Å². The van der Waals surface area contributed by atoms with Crippen molar-refractivity contribution in [1.82, 2.24) is 4.98 Å². The number of aromatic nitrogens is 1. The number of rotatable bonds is 3. The SMILES string of the molecule is Cc1cc(C(O)c2ccc(N(C)C)nc2)co1. The summed E-state index contributed by atoms with van der Waals surface area (Å²) >= 11 is 0. The summed E-state index contributed by atoms with van der Waals surface area (Å²) in [6, 6.07) is 5.57. The molecule has 1 N–H and O–H groups in total. The predicted octanol–water partition coefficient (Wildman–Crippen LogP) is 2.13. The normalized spacial score (nSPS) is 12.5. The Labute approximate surface area is 101 Å². The molecular formula is C13H16N2O2. The first kappa shape index (κ1) is 11.7. The minimum absolute atomic E-state index is 0.684. The second-order valence-electron chi connectivity index (χ2n) is 4.24. The van der Waals surface area contributed by atoms with Gasteiger partial charge in [0.1, 0.15) is 17.7 Å². The minimum Gasteiger partial charge on any atom is -0.469 e. The van der Waals surface area contributed by atoms with Crippen LogP contribution in [0, 0.1) is 6.92 Å². The average molecular weight is 232 g/mol. The zero-order chi connectivity index (χ0) is 12.4. The summed E-state index contributed by atoms with van der Waals surface area (Å²) in [6.45, 7) is 1.85. The maximum Gasteiger partial charge on any atom is 0.127 e. The lowest BCUT2D eigenvalue weighted by Crippen LogP contribution is -2.10. The number of furan rings is 1. The van der Waals surface area contributed by atoms with Gasteiger partial charge in [0.15, 0.2) is 0 Å². The van der Waals surface area contributed by atoms with Gasteiger partial charge in [0, 0.05) is 31.4 Å². The lowest BCUT2D eigenvalue weighted by molar-refractivity contribution is 0.219. The zero-order valence-corrected chi connectivity index (χ0v) is 10.2. The second-order valence-corrected chi connectivity index (χ2v) is 4.24. The molecule has 0 bridgehead atoms. The Balaban J connectivity index is 2.22. The Morgan fingerprint density at radius 3 is 2.53 bits per heavy atom. The van der Waals surface area contributed by atoms with E-state index in [1.54, 1.807) is 12.5 Å². The number of aryl methyl sites for hydroxylation is 1. The predicted molar refractivity (Wildman–Crippen MR) is 66.1 cm³/mol. The van der Waals surface area contributed by atoms with Crippen molar-refractivity contribution < 1.29 is 9.52 Å². The molecule has 0 saturated carbocycles. The molecule has 0 spiro atoms. The number of hydrogen-bond acceptors (Lipinski definition) is 4. The first-order valence-electron chi connectivity index (χ1n) is 5.44. The van der Waals surface area contributed by atoms with Crippen molar-refractivity contribution in [1.29, 1.82) is 0 Å². The maximum absolute atomic E-state index is 10.1. The summed E-state index contributed by atoms with van der Waals surface area (Å²) in [6.07, 6.45) is 2.57. The van der Waals surface area contributed by atoms with Crippen LogP contribution in [0.1, 0.15) is 23.0 Å². The lowest BCUT2D eigenvalue weighted by atomic mass is 10.1. The molecule has 2 heterocycles. The van der Waals surface area contributed by atoms with E-state index in [1.807, 2.05) is 44.1 Å². The van der Waals surface area contributed by atoms with Gasteiger partial charge in [-0.2, -0.15) is 0 Å². The van der Waals surface area contributed by atoms with Crippen LogP contribution in [-0.2, 0) is 0 Å². The van der Waals surface area contributed by atoms with E-state index >= 15 is 0 Å². The van der Waals surface area contributed by atoms with Crippen LogP contribution >= 0.6 is 0 Å². The highest BCUT2D eigenvalue weighted by Gasteiger charge is 2.13. The Bertz CT molecular complexity index is 488. The molecule has 4 nitrogen and oxygen atoms in total. The molecule has 0 aliphatic heterocycles. The van der Waals surface area contributed by atoms with Crippen LogP contribution in [0.15, 0.2) is 35.1 Å². The fourth-order valence-electron chi connectivity index (χ4n) is 1.62. The molecule has 0 aromatic carbocycles. The van der Waals surface area contributed by atoms with E-state index in [1.165, 1.54) is 0 Å². The fraction of sp³-hybridized carbons (Fsp3) is 0.308. The number of nitrogens with zero attached hydrogens (tertiary/aromatic N) is 2. The Kier molecular flexibility index (Phi) is 3.15. The summed E-state index contributed by atoms with van der Waals surface area (Å²) in [7, 11) is 3.86. The first-order valence-corrected chi connectivity index (χ1v) is 5.44. The van der Waals surface area contributed by atoms with Crippen LogP contribution in [0.4, 0.5) is 5.82 Å². The molecule has 0 fully saturated rings. The summed E-state index contributed by atoms with van der Waals surface area (Å²) in [5.41, 5.74) is 1.51. The highest BCUT2D eigenvalue weighted by atomic mass is 16.3. The van der Waals surface area contributed by atoms with Crippen molar-refractivity contribution in [2.75, 3.05) is 19.0 Å². The van der Waals surface area contributed by atoms with Crippen LogP contribution in [-0.4, -0.2) is 24.2 Å². The van der Waals surface area contributed by atoms with Gasteiger partial charge in [-0.1, -0.05) is 6.07 Å². The van der Waals surface area contributed by atoms with Crippen molar-refractivity contribution in [2.45, 2.75) is 13.0 Å². The van der Waals surface area contributed by atoms with Crippen molar-refractivity contribution >= 4 is 5.82 Å². The minimum atomic E-state index is -0.684. The molecule has 0 aliphatic carbocycles. The molecule has 0 amide bonds. The number of pyridine rings is 1. The second kappa shape index (κ2) is 4.59. The van der Waals surface area contributed by atoms with E-state index in [0.717, 1.165) is 22.7 Å². The van der Waals surface area contributed by atoms with Gasteiger partial charge in [0.2, 0.25) is 0 Å². The quantitative estimate of drug-likeness (QED) is 0.880. The molecule has 0 saturated heterocycles. The van der Waals surface area contributed by atoms with Crippen molar-refractivity contribution in [2.24, 2.45) is 0 Å². The Hall–Kier alpha value is -1.81. The lowest BCUT2D eigenvalue weighted by Gasteiger charge is -2.13. The number of aliphatic hydroxyl groups excluding tert-OH is 1. The summed E-state index contributed by atoms with van der Waals surface area (Å²) < 4.78 is 5.18. The molecule has 2 aromatic heterocycles. The van der Waals surface area contributed by atoms with Crippen LogP contribution < -0.4 is 4.90 Å². The topological polar surface area (TPSA) is 49.5 Å². The first-order chi connectivity index (χ1) is 8.08. The Morgan fingerprint density at radius 2 is 2.06 bits per heavy atom. The maximum atomic E-state index is 10.1. The van der Waals surface area contributed by atoms with E-state index in [9.17, 15) is 5.11 Å². The van der Waals surface area contributed by atoms with Gasteiger partial charge in [-0.15, -0.1) is 0 Å². The average Bonchev–Trinajstić information content (AvgIpc) is 2.75. The molecule has 90 valence electrons. The van der Waals surface area contributed by atoms with E-state index < -0.39 is 6.10 Å². The molecule has 2 rings (SSSR count).